The number of sulfonamides is 1. The van der Waals surface area contributed by atoms with Crippen molar-refractivity contribution in [1.82, 2.24) is 19.3 Å². The zero-order valence-electron chi connectivity index (χ0n) is 15.8. The summed E-state index contributed by atoms with van der Waals surface area (Å²) in [4.78, 5) is 15.0. The Balaban J connectivity index is 1.63. The minimum Gasteiger partial charge on any atom is -0.354 e. The van der Waals surface area contributed by atoms with Crippen molar-refractivity contribution in [2.45, 2.75) is 26.7 Å². The molecule has 1 aliphatic heterocycles. The van der Waals surface area contributed by atoms with Gasteiger partial charge >= 0.3 is 0 Å². The molecule has 3 heterocycles. The SMILES string of the molecule is CCCCS(=O)(=O)N1CCN(c2cc(Nc3cc(C)ccn3)ncn2)CC1. The van der Waals surface area contributed by atoms with Crippen LogP contribution < -0.4 is 10.2 Å². The predicted molar refractivity (Wildman–Crippen MR) is 107 cm³/mol. The van der Waals surface area contributed by atoms with Gasteiger partial charge in [0, 0.05) is 38.4 Å². The van der Waals surface area contributed by atoms with E-state index in [0.717, 1.165) is 23.6 Å². The lowest BCUT2D eigenvalue weighted by atomic mass is 10.3. The first-order valence-electron chi connectivity index (χ1n) is 9.22. The van der Waals surface area contributed by atoms with Crippen molar-refractivity contribution < 1.29 is 8.42 Å². The highest BCUT2D eigenvalue weighted by Crippen LogP contribution is 2.20. The summed E-state index contributed by atoms with van der Waals surface area (Å²) in [6.07, 6.45) is 4.85. The smallest absolute Gasteiger partial charge is 0.214 e. The van der Waals surface area contributed by atoms with Crippen LogP contribution in [0.15, 0.2) is 30.7 Å². The van der Waals surface area contributed by atoms with Gasteiger partial charge in [-0.25, -0.2) is 23.4 Å². The van der Waals surface area contributed by atoms with Gasteiger partial charge in [0.05, 0.1) is 5.75 Å². The van der Waals surface area contributed by atoms with E-state index >= 15 is 0 Å². The highest BCUT2D eigenvalue weighted by Gasteiger charge is 2.27. The molecule has 0 aromatic carbocycles. The molecular formula is C18H26N6O2S. The fourth-order valence-corrected chi connectivity index (χ4v) is 4.61. The number of hydrogen-bond donors (Lipinski definition) is 1. The molecule has 8 nitrogen and oxygen atoms in total. The zero-order valence-corrected chi connectivity index (χ0v) is 16.6. The summed E-state index contributed by atoms with van der Waals surface area (Å²) >= 11 is 0. The second-order valence-electron chi connectivity index (χ2n) is 6.66. The summed E-state index contributed by atoms with van der Waals surface area (Å²) in [5.74, 6) is 2.41. The highest BCUT2D eigenvalue weighted by molar-refractivity contribution is 7.89. The fourth-order valence-electron chi connectivity index (χ4n) is 2.98. The Bertz CT molecular complexity index is 866. The minimum atomic E-state index is -3.15. The lowest BCUT2D eigenvalue weighted by Crippen LogP contribution is -2.49. The maximum atomic E-state index is 12.3. The van der Waals surface area contributed by atoms with E-state index < -0.39 is 10.0 Å². The van der Waals surface area contributed by atoms with E-state index in [0.29, 0.717) is 38.4 Å². The standard InChI is InChI=1S/C18H26N6O2S/c1-3-4-11-27(25,26)24-9-7-23(8-10-24)18-13-17(20-14-21-18)22-16-12-15(2)5-6-19-16/h5-6,12-14H,3-4,7-11H2,1-2H3,(H,19,20,21,22). The van der Waals surface area contributed by atoms with Crippen LogP contribution in [-0.2, 0) is 10.0 Å². The van der Waals surface area contributed by atoms with Crippen LogP contribution in [0.3, 0.4) is 0 Å². The van der Waals surface area contributed by atoms with E-state index in [1.54, 1.807) is 10.5 Å². The molecule has 146 valence electrons. The summed E-state index contributed by atoms with van der Waals surface area (Å²) in [5.41, 5.74) is 1.11. The Morgan fingerprint density at radius 3 is 2.52 bits per heavy atom. The lowest BCUT2D eigenvalue weighted by molar-refractivity contribution is 0.383. The third-order valence-electron chi connectivity index (χ3n) is 4.54. The van der Waals surface area contributed by atoms with Gasteiger partial charge in [0.25, 0.3) is 0 Å². The maximum absolute atomic E-state index is 12.3. The second-order valence-corrected chi connectivity index (χ2v) is 8.75. The van der Waals surface area contributed by atoms with E-state index in [1.165, 1.54) is 6.33 Å². The van der Waals surface area contributed by atoms with Gasteiger partial charge in [-0.15, -0.1) is 0 Å². The number of unbranched alkanes of at least 4 members (excludes halogenated alkanes) is 1. The van der Waals surface area contributed by atoms with E-state index in [4.69, 9.17) is 0 Å². The van der Waals surface area contributed by atoms with Crippen LogP contribution in [0.25, 0.3) is 0 Å². The van der Waals surface area contributed by atoms with Gasteiger partial charge in [0.2, 0.25) is 10.0 Å². The van der Waals surface area contributed by atoms with Crippen LogP contribution in [0.1, 0.15) is 25.3 Å². The number of aromatic nitrogens is 3. The van der Waals surface area contributed by atoms with Crippen molar-refractivity contribution in [2.75, 3.05) is 42.1 Å². The van der Waals surface area contributed by atoms with Crippen LogP contribution in [0, 0.1) is 6.92 Å². The number of rotatable bonds is 7. The molecule has 9 heteroatoms. The molecule has 1 aliphatic rings. The molecule has 0 atom stereocenters. The summed E-state index contributed by atoms with van der Waals surface area (Å²) in [6.45, 7) is 6.21. The molecule has 3 rings (SSSR count). The van der Waals surface area contributed by atoms with E-state index in [1.807, 2.05) is 32.0 Å². The van der Waals surface area contributed by atoms with Gasteiger partial charge in [-0.3, -0.25) is 0 Å². The first-order valence-corrected chi connectivity index (χ1v) is 10.8. The number of anilines is 3. The van der Waals surface area contributed by atoms with E-state index in [9.17, 15) is 8.42 Å². The molecule has 27 heavy (non-hydrogen) atoms. The largest absolute Gasteiger partial charge is 0.354 e. The summed E-state index contributed by atoms with van der Waals surface area (Å²) < 4.78 is 26.3. The number of nitrogens with zero attached hydrogens (tertiary/aromatic N) is 5. The number of pyridine rings is 1. The van der Waals surface area contributed by atoms with Crippen LogP contribution in [0.2, 0.25) is 0 Å². The minimum absolute atomic E-state index is 0.231. The number of aryl methyl sites for hydroxylation is 1. The first-order chi connectivity index (χ1) is 13.0. The molecule has 0 aliphatic carbocycles. The van der Waals surface area contributed by atoms with Crippen LogP contribution in [0.5, 0.6) is 0 Å². The molecule has 0 saturated carbocycles. The molecule has 1 saturated heterocycles. The Hall–Kier alpha value is -2.26. The molecule has 1 fully saturated rings. The third kappa shape index (κ3) is 5.14. The molecular weight excluding hydrogens is 364 g/mol. The van der Waals surface area contributed by atoms with Crippen LogP contribution in [0.4, 0.5) is 17.5 Å². The molecule has 0 spiro atoms. The first kappa shape index (κ1) is 19.5. The highest BCUT2D eigenvalue weighted by atomic mass is 32.2. The van der Waals surface area contributed by atoms with Crippen molar-refractivity contribution in [3.8, 4) is 0 Å². The van der Waals surface area contributed by atoms with E-state index in [2.05, 4.69) is 25.2 Å². The molecule has 2 aromatic rings. The number of hydrogen-bond acceptors (Lipinski definition) is 7. The molecule has 0 bridgehead atoms. The van der Waals surface area contributed by atoms with Crippen molar-refractivity contribution in [2.24, 2.45) is 0 Å². The maximum Gasteiger partial charge on any atom is 0.214 e. The van der Waals surface area contributed by atoms with Gasteiger partial charge in [0.15, 0.2) is 0 Å². The van der Waals surface area contributed by atoms with Crippen molar-refractivity contribution in [3.05, 3.63) is 36.3 Å². The lowest BCUT2D eigenvalue weighted by Gasteiger charge is -2.34. The third-order valence-corrected chi connectivity index (χ3v) is 6.49. The number of piperazine rings is 1. The average Bonchev–Trinajstić information content (AvgIpc) is 2.67. The topological polar surface area (TPSA) is 91.3 Å². The second kappa shape index (κ2) is 8.62. The van der Waals surface area contributed by atoms with Crippen LogP contribution >= 0.6 is 0 Å². The van der Waals surface area contributed by atoms with Gasteiger partial charge in [-0.05, 0) is 31.0 Å². The summed E-state index contributed by atoms with van der Waals surface area (Å²) in [5, 5.41) is 3.19. The number of nitrogens with one attached hydrogen (secondary N) is 1. The molecule has 0 unspecified atom stereocenters. The summed E-state index contributed by atoms with van der Waals surface area (Å²) in [7, 11) is -3.15. The quantitative estimate of drug-likeness (QED) is 0.775. The predicted octanol–water partition coefficient (Wildman–Crippen LogP) is 2.18. The van der Waals surface area contributed by atoms with Gasteiger partial charge in [-0.2, -0.15) is 4.31 Å². The van der Waals surface area contributed by atoms with Crippen molar-refractivity contribution in [1.29, 1.82) is 0 Å². The Morgan fingerprint density at radius 2 is 1.81 bits per heavy atom. The normalized spacial score (nSPS) is 15.7. The van der Waals surface area contributed by atoms with Crippen LogP contribution in [-0.4, -0.2) is 59.6 Å². The molecule has 0 amide bonds. The van der Waals surface area contributed by atoms with Crippen molar-refractivity contribution >= 4 is 27.5 Å². The average molecular weight is 391 g/mol. The Labute approximate surface area is 160 Å². The fraction of sp³-hybridized carbons (Fsp3) is 0.500. The zero-order chi connectivity index (χ0) is 19.3. The van der Waals surface area contributed by atoms with Gasteiger partial charge in [-0.1, -0.05) is 13.3 Å². The Morgan fingerprint density at radius 1 is 1.07 bits per heavy atom. The molecule has 1 N–H and O–H groups in total. The Kier molecular flexibility index (Phi) is 6.22. The monoisotopic (exact) mass is 390 g/mol. The van der Waals surface area contributed by atoms with E-state index in [-0.39, 0.29) is 5.75 Å². The molecule has 2 aromatic heterocycles. The molecule has 0 radical (unpaired) electrons. The summed E-state index contributed by atoms with van der Waals surface area (Å²) in [6, 6.07) is 5.75. The van der Waals surface area contributed by atoms with Gasteiger partial charge < -0.3 is 10.2 Å². The van der Waals surface area contributed by atoms with Crippen molar-refractivity contribution in [3.63, 3.8) is 0 Å². The van der Waals surface area contributed by atoms with Gasteiger partial charge in [0.1, 0.15) is 23.8 Å².